The van der Waals surface area contributed by atoms with E-state index in [-0.39, 0.29) is 134 Å². The van der Waals surface area contributed by atoms with Crippen LogP contribution in [0.25, 0.3) is 0 Å². The lowest BCUT2D eigenvalue weighted by Crippen LogP contribution is -2.60. The number of esters is 3. The van der Waals surface area contributed by atoms with E-state index in [9.17, 15) is 38.4 Å². The van der Waals surface area contributed by atoms with E-state index in [1.54, 1.807) is 0 Å². The Bertz CT molecular complexity index is 3100. The van der Waals surface area contributed by atoms with Crippen molar-refractivity contribution < 1.29 is 95.2 Å². The molecule has 4 amide bonds. The molecule has 24 heteroatoms. The monoisotopic (exact) mass is 1410 g/mol. The van der Waals surface area contributed by atoms with E-state index >= 15 is 0 Å². The van der Waals surface area contributed by atoms with Gasteiger partial charge in [-0.2, -0.15) is 0 Å². The van der Waals surface area contributed by atoms with Crippen molar-refractivity contribution in [1.29, 1.82) is 0 Å². The number of rotatable bonds is 17. The number of nitrogens with one attached hydrogen (secondary N) is 2. The van der Waals surface area contributed by atoms with E-state index in [2.05, 4.69) is 76.6 Å². The van der Waals surface area contributed by atoms with Crippen LogP contribution in [-0.2, 0) is 95.2 Å². The van der Waals surface area contributed by atoms with Crippen LogP contribution in [0.1, 0.15) is 145 Å². The maximum absolute atomic E-state index is 12.5. The van der Waals surface area contributed by atoms with Gasteiger partial charge in [-0.25, -0.2) is 14.4 Å². The molecule has 6 saturated heterocycles. The number of carbonyl (C=O) groups excluding carboxylic acids is 8. The fourth-order valence-electron chi connectivity index (χ4n) is 20.2. The number of allylic oxidation sites excluding steroid dienone is 6. The van der Waals surface area contributed by atoms with Gasteiger partial charge < -0.3 is 67.5 Å². The number of ether oxygens (including phenoxy) is 12. The minimum atomic E-state index is -0.730. The van der Waals surface area contributed by atoms with Gasteiger partial charge in [-0.15, -0.1) is 0 Å². The Morgan fingerprint density at radius 1 is 0.535 bits per heavy atom. The smallest absolute Gasteiger partial charge is 0.336 e. The molecule has 0 radical (unpaired) electrons. The van der Waals surface area contributed by atoms with Gasteiger partial charge in [0.05, 0.1) is 66.9 Å². The van der Waals surface area contributed by atoms with E-state index < -0.39 is 29.2 Å². The molecule has 6 saturated carbocycles. The van der Waals surface area contributed by atoms with Gasteiger partial charge in [0, 0.05) is 37.6 Å². The third kappa shape index (κ3) is 16.3. The van der Waals surface area contributed by atoms with Gasteiger partial charge in [-0.3, -0.25) is 28.9 Å². The van der Waals surface area contributed by atoms with Gasteiger partial charge >= 0.3 is 17.9 Å². The molecule has 552 valence electrons. The molecular formula is C75H110ClN3O20. The molecule has 2 N–H and O–H groups in total. The summed E-state index contributed by atoms with van der Waals surface area (Å²) in [7, 11) is 4.27. The summed E-state index contributed by atoms with van der Waals surface area (Å²) in [5, 5.41) is 5.06. The summed E-state index contributed by atoms with van der Waals surface area (Å²) in [5.74, 6) is 0.205. The molecule has 0 aromatic heterocycles. The van der Waals surface area contributed by atoms with E-state index in [1.807, 2.05) is 18.2 Å². The van der Waals surface area contributed by atoms with Crippen LogP contribution in [0.15, 0.2) is 71.4 Å². The van der Waals surface area contributed by atoms with Gasteiger partial charge in [0.25, 0.3) is 5.91 Å². The average molecular weight is 1410 g/mol. The Morgan fingerprint density at radius 2 is 0.909 bits per heavy atom. The third-order valence-corrected chi connectivity index (χ3v) is 25.2. The number of methoxy groups -OCH3 is 3. The van der Waals surface area contributed by atoms with Crippen LogP contribution < -0.4 is 10.6 Å². The SMILES string of the molecule is C.C=C1CC[C@@H]2[C@]3(C)COCO[C@@H]3CC[C@@]2(C)[C@@H]1C/C=C1/C(=O)OCC1N(C=O)C(=O)COC.C=C1CC[C@@H]2[C@]3(C)COCO[C@@H]3CC[C@@]2(C)[C@@H]1C/C=C1/C(=O)OCC1NC(=O)COC.C=C1CC[C@@H]2[C@]3(C)COCO[C@@H]3CC[C@@]2(C)[C@@H]1C/C=C1/C(=O)OCC1NC=O.COCC(=O)Cl. The lowest BCUT2D eigenvalue weighted by atomic mass is 9.46. The van der Waals surface area contributed by atoms with Crippen molar-refractivity contribution in [2.75, 3.05) is 101 Å². The summed E-state index contributed by atoms with van der Waals surface area (Å²) in [6.45, 7) is 30.7. The zero-order chi connectivity index (χ0) is 71.0. The van der Waals surface area contributed by atoms with E-state index in [4.69, 9.17) is 63.7 Å². The Balaban J connectivity index is 0.000000181. The van der Waals surface area contributed by atoms with Crippen molar-refractivity contribution in [3.8, 4) is 0 Å². The molecule has 3 unspecified atom stereocenters. The molecule has 12 rings (SSSR count). The van der Waals surface area contributed by atoms with Crippen molar-refractivity contribution in [2.24, 2.45) is 68.0 Å². The molecule has 99 heavy (non-hydrogen) atoms. The Kier molecular flexibility index (Phi) is 27.0. The van der Waals surface area contributed by atoms with Crippen LogP contribution in [0.5, 0.6) is 0 Å². The van der Waals surface area contributed by atoms with Crippen LogP contribution in [-0.4, -0.2) is 190 Å². The van der Waals surface area contributed by atoms with Crippen LogP contribution in [0.3, 0.4) is 0 Å². The van der Waals surface area contributed by atoms with E-state index in [1.165, 1.54) is 38.0 Å². The molecule has 6 aliphatic heterocycles. The average Bonchev–Trinajstić information content (AvgIpc) is 1.09. The van der Waals surface area contributed by atoms with Crippen LogP contribution >= 0.6 is 11.6 Å². The number of hydrogen-bond acceptors (Lipinski definition) is 20. The fraction of sp³-hybridized carbons (Fsp3) is 0.733. The number of cyclic esters (lactones) is 3. The van der Waals surface area contributed by atoms with E-state index in [0.29, 0.717) is 86.6 Å². The van der Waals surface area contributed by atoms with Gasteiger partial charge in [-0.1, -0.05) is 104 Å². The lowest BCUT2D eigenvalue weighted by molar-refractivity contribution is -0.259. The first-order chi connectivity index (χ1) is 46.7. The molecular weight excluding hydrogens is 1300 g/mol. The summed E-state index contributed by atoms with van der Waals surface area (Å²) in [5.41, 5.74) is 5.29. The third-order valence-electron chi connectivity index (χ3n) is 25.1. The molecule has 0 aromatic carbocycles. The fourth-order valence-corrected chi connectivity index (χ4v) is 20.3. The minimum absolute atomic E-state index is 0. The van der Waals surface area contributed by atoms with Crippen LogP contribution in [0.4, 0.5) is 0 Å². The summed E-state index contributed by atoms with van der Waals surface area (Å²) in [6.07, 6.45) is 22.0. The maximum atomic E-state index is 12.5. The molecule has 0 aromatic rings. The quantitative estimate of drug-likeness (QED) is 0.0343. The van der Waals surface area contributed by atoms with Crippen molar-refractivity contribution in [3.05, 3.63) is 71.4 Å². The first kappa shape index (κ1) is 79.2. The molecule has 18 atom stereocenters. The Morgan fingerprint density at radius 3 is 1.28 bits per heavy atom. The van der Waals surface area contributed by atoms with Crippen molar-refractivity contribution >= 4 is 59.4 Å². The standard InChI is InChI=1S/C25H35NO7.C24H35NO6.C22H31NO5.C3H5ClO2.CH4/c1-16-5-8-20-24(2,10-9-21-25(20,3)13-31-15-33-21)18(16)7-6-17-19(11-32-23(17)29)26(14-27)22(28)12-30-4;1-15-5-8-19-23(2,10-9-20-24(19,3)13-29-14-31-20)17(15)7-6-16-18(11-30-22(16)27)25-21(26)12-28-4;1-14-4-7-18-21(2,9-8-19-22(18,3)11-26-13-28-19)16(14)6-5-15-17(23-12-24)10-27-20(15)25;1-6-2-3(4)5;/h6,14,18-21H,1,5,7-13,15H2,2-4H3;6,17-20H,1,5,7-14H2,2-4H3,(H,25,26);5,12,16-19H,1,4,6-11,13H2,2-3H3,(H,23,24);2H2,1H3;1H4/b17-6+;16-6+;15-5+;;/t18-,19?,20+,21-,24+,25+;17-,18?,19+,20-,23+,24+;16-,17?,18+,19-,21+,22+;;/m111../s1. The second-order valence-electron chi connectivity index (χ2n) is 30.4. The molecule has 23 nitrogen and oxygen atoms in total. The first-order valence-corrected chi connectivity index (χ1v) is 35.2. The van der Waals surface area contributed by atoms with Crippen molar-refractivity contribution in [1.82, 2.24) is 15.5 Å². The van der Waals surface area contributed by atoms with Gasteiger partial charge in [0.15, 0.2) is 0 Å². The topological polar surface area (TPSA) is 275 Å². The van der Waals surface area contributed by atoms with Crippen LogP contribution in [0, 0.1) is 68.0 Å². The van der Waals surface area contributed by atoms with Crippen molar-refractivity contribution in [2.45, 2.75) is 182 Å². The Labute approximate surface area is 589 Å². The minimum Gasteiger partial charge on any atom is -0.460 e. The van der Waals surface area contributed by atoms with Crippen molar-refractivity contribution in [3.63, 3.8) is 0 Å². The largest absolute Gasteiger partial charge is 0.460 e. The normalized spacial score (nSPS) is 39.3. The highest BCUT2D eigenvalue weighted by atomic mass is 35.5. The maximum Gasteiger partial charge on any atom is 0.336 e. The lowest BCUT2D eigenvalue weighted by Gasteiger charge is -2.61. The number of halogens is 1. The van der Waals surface area contributed by atoms with Gasteiger partial charge in [0.2, 0.25) is 24.0 Å². The zero-order valence-corrected chi connectivity index (χ0v) is 59.8. The number of carbonyl (C=O) groups is 8. The van der Waals surface area contributed by atoms with Gasteiger partial charge in [-0.05, 0) is 160 Å². The number of nitrogens with zero attached hydrogens (tertiary/aromatic N) is 1. The summed E-state index contributed by atoms with van der Waals surface area (Å²) in [4.78, 5) is 94.4. The summed E-state index contributed by atoms with van der Waals surface area (Å²) >= 11 is 4.81. The predicted octanol–water partition coefficient (Wildman–Crippen LogP) is 9.14. The first-order valence-electron chi connectivity index (χ1n) is 34.9. The number of imide groups is 1. The van der Waals surface area contributed by atoms with Crippen LogP contribution in [0.2, 0.25) is 0 Å². The molecule has 6 aliphatic carbocycles. The summed E-state index contributed by atoms with van der Waals surface area (Å²) < 4.78 is 64.9. The second kappa shape index (κ2) is 33.8. The molecule has 12 fully saturated rings. The number of hydrogen-bond donors (Lipinski definition) is 2. The second-order valence-corrected chi connectivity index (χ2v) is 30.9. The summed E-state index contributed by atoms with van der Waals surface area (Å²) in [6, 6.07) is -1.51. The molecule has 12 aliphatic rings. The Hall–Kier alpha value is -5.47. The highest BCUT2D eigenvalue weighted by molar-refractivity contribution is 6.63. The molecule has 0 bridgehead atoms. The number of fused-ring (bicyclic) bond motifs is 9. The number of amides is 4. The molecule has 6 heterocycles. The zero-order valence-electron chi connectivity index (χ0n) is 59.0. The van der Waals surface area contributed by atoms with E-state index in [0.717, 1.165) is 108 Å². The van der Waals surface area contributed by atoms with Gasteiger partial charge in [0.1, 0.15) is 66.1 Å². The predicted molar refractivity (Wildman–Crippen MR) is 365 cm³/mol. The molecule has 0 spiro atoms. The highest BCUT2D eigenvalue weighted by Crippen LogP contribution is 2.66. The highest BCUT2D eigenvalue weighted by Gasteiger charge is 2.62.